The van der Waals surface area contributed by atoms with Gasteiger partial charge in [-0.05, 0) is 25.3 Å². The van der Waals surface area contributed by atoms with Gasteiger partial charge in [0.1, 0.15) is 0 Å². The van der Waals surface area contributed by atoms with Crippen LogP contribution in [0.5, 0.6) is 0 Å². The van der Waals surface area contributed by atoms with Crippen molar-refractivity contribution in [2.75, 3.05) is 6.54 Å². The first-order valence-corrected chi connectivity index (χ1v) is 4.46. The normalized spacial score (nSPS) is 15.5. The molecule has 0 radical (unpaired) electrons. The van der Waals surface area contributed by atoms with Crippen molar-refractivity contribution in [3.63, 3.8) is 0 Å². The van der Waals surface area contributed by atoms with Crippen LogP contribution in [-0.2, 0) is 0 Å². The smallest absolute Gasteiger partial charge is 0.0237 e. The van der Waals surface area contributed by atoms with E-state index in [9.17, 15) is 0 Å². The van der Waals surface area contributed by atoms with Crippen molar-refractivity contribution in [2.24, 2.45) is 17.6 Å². The van der Waals surface area contributed by atoms with Crippen molar-refractivity contribution in [3.8, 4) is 12.3 Å². The zero-order valence-corrected chi connectivity index (χ0v) is 7.64. The van der Waals surface area contributed by atoms with Crippen LogP contribution in [0, 0.1) is 24.2 Å². The topological polar surface area (TPSA) is 26.0 Å². The fourth-order valence-electron chi connectivity index (χ4n) is 1.44. The monoisotopic (exact) mass is 153 g/mol. The molecule has 1 nitrogen and oxygen atoms in total. The van der Waals surface area contributed by atoms with E-state index in [1.165, 1.54) is 12.8 Å². The van der Waals surface area contributed by atoms with Gasteiger partial charge in [0.25, 0.3) is 0 Å². The van der Waals surface area contributed by atoms with Gasteiger partial charge in [-0.3, -0.25) is 0 Å². The molecule has 0 aromatic heterocycles. The Kier molecular flexibility index (Phi) is 5.97. The van der Waals surface area contributed by atoms with Gasteiger partial charge in [0.05, 0.1) is 0 Å². The molecule has 0 spiro atoms. The first-order valence-electron chi connectivity index (χ1n) is 4.46. The Labute approximate surface area is 70.4 Å². The molecule has 0 bridgehead atoms. The zero-order chi connectivity index (χ0) is 8.69. The summed E-state index contributed by atoms with van der Waals surface area (Å²) in [6, 6.07) is 0. The average Bonchev–Trinajstić information content (AvgIpc) is 2.05. The van der Waals surface area contributed by atoms with E-state index in [4.69, 9.17) is 12.2 Å². The molecule has 0 aromatic carbocycles. The summed E-state index contributed by atoms with van der Waals surface area (Å²) in [5.74, 6) is 3.73. The molecule has 2 unspecified atom stereocenters. The number of hydrogen-bond acceptors (Lipinski definition) is 1. The fourth-order valence-corrected chi connectivity index (χ4v) is 1.44. The summed E-state index contributed by atoms with van der Waals surface area (Å²) in [4.78, 5) is 0. The zero-order valence-electron chi connectivity index (χ0n) is 7.64. The lowest BCUT2D eigenvalue weighted by molar-refractivity contribution is 0.376. The molecule has 0 aromatic rings. The van der Waals surface area contributed by atoms with Crippen molar-refractivity contribution in [1.29, 1.82) is 0 Å². The molecule has 0 saturated carbocycles. The van der Waals surface area contributed by atoms with E-state index in [-0.39, 0.29) is 0 Å². The summed E-state index contributed by atoms with van der Waals surface area (Å²) in [6.07, 6.45) is 8.78. The molecule has 11 heavy (non-hydrogen) atoms. The third-order valence-electron chi connectivity index (χ3n) is 2.19. The maximum absolute atomic E-state index is 5.62. The summed E-state index contributed by atoms with van der Waals surface area (Å²) >= 11 is 0. The molecular formula is C10H19N. The van der Waals surface area contributed by atoms with Gasteiger partial charge in [-0.1, -0.05) is 20.3 Å². The van der Waals surface area contributed by atoms with Gasteiger partial charge in [-0.25, -0.2) is 0 Å². The molecule has 0 saturated heterocycles. The molecule has 2 N–H and O–H groups in total. The molecule has 64 valence electrons. The van der Waals surface area contributed by atoms with Crippen LogP contribution < -0.4 is 5.73 Å². The maximum atomic E-state index is 5.62. The average molecular weight is 153 g/mol. The van der Waals surface area contributed by atoms with E-state index in [2.05, 4.69) is 19.8 Å². The summed E-state index contributed by atoms with van der Waals surface area (Å²) < 4.78 is 0. The predicted molar refractivity (Wildman–Crippen MR) is 50.1 cm³/mol. The molecule has 0 aliphatic rings. The van der Waals surface area contributed by atoms with Crippen LogP contribution in [0.2, 0.25) is 0 Å². The Morgan fingerprint density at radius 2 is 2.09 bits per heavy atom. The van der Waals surface area contributed by atoms with Gasteiger partial charge in [-0.15, -0.1) is 12.3 Å². The Balaban J connectivity index is 3.89. The van der Waals surface area contributed by atoms with Crippen LogP contribution >= 0.6 is 0 Å². The lowest BCUT2D eigenvalue weighted by atomic mass is 9.87. The van der Waals surface area contributed by atoms with Gasteiger partial charge in [0, 0.05) is 5.92 Å². The summed E-state index contributed by atoms with van der Waals surface area (Å²) in [5, 5.41) is 0. The summed E-state index contributed by atoms with van der Waals surface area (Å²) in [5.41, 5.74) is 5.62. The SMILES string of the molecule is C#CC(CC)C(CN)CCC. The van der Waals surface area contributed by atoms with E-state index in [1.807, 2.05) is 0 Å². The van der Waals surface area contributed by atoms with Crippen molar-refractivity contribution in [2.45, 2.75) is 33.1 Å². The van der Waals surface area contributed by atoms with Crippen LogP contribution in [0.3, 0.4) is 0 Å². The molecule has 0 heterocycles. The highest BCUT2D eigenvalue weighted by Crippen LogP contribution is 2.18. The third-order valence-corrected chi connectivity index (χ3v) is 2.19. The molecule has 0 amide bonds. The van der Waals surface area contributed by atoms with E-state index in [0.717, 1.165) is 13.0 Å². The van der Waals surface area contributed by atoms with Gasteiger partial charge in [-0.2, -0.15) is 0 Å². The molecule has 0 aliphatic carbocycles. The Bertz CT molecular complexity index is 123. The van der Waals surface area contributed by atoms with Crippen LogP contribution in [0.1, 0.15) is 33.1 Å². The van der Waals surface area contributed by atoms with E-state index < -0.39 is 0 Å². The molecule has 0 aliphatic heterocycles. The second kappa shape index (κ2) is 6.24. The molecule has 0 rings (SSSR count). The lowest BCUT2D eigenvalue weighted by Crippen LogP contribution is -2.21. The fraction of sp³-hybridized carbons (Fsp3) is 0.800. The highest BCUT2D eigenvalue weighted by molar-refractivity contribution is 4.95. The quantitative estimate of drug-likeness (QED) is 0.601. The third kappa shape index (κ3) is 3.43. The van der Waals surface area contributed by atoms with E-state index >= 15 is 0 Å². The molecule has 2 atom stereocenters. The Morgan fingerprint density at radius 3 is 2.36 bits per heavy atom. The highest BCUT2D eigenvalue weighted by atomic mass is 14.6. The van der Waals surface area contributed by atoms with Gasteiger partial charge in [0.15, 0.2) is 0 Å². The van der Waals surface area contributed by atoms with Crippen LogP contribution in [0.25, 0.3) is 0 Å². The Hall–Kier alpha value is -0.480. The summed E-state index contributed by atoms with van der Waals surface area (Å²) in [6.45, 7) is 5.03. The summed E-state index contributed by atoms with van der Waals surface area (Å²) in [7, 11) is 0. The number of nitrogens with two attached hydrogens (primary N) is 1. The van der Waals surface area contributed by atoms with Crippen molar-refractivity contribution in [3.05, 3.63) is 0 Å². The van der Waals surface area contributed by atoms with Crippen LogP contribution in [-0.4, -0.2) is 6.54 Å². The number of hydrogen-bond donors (Lipinski definition) is 1. The standard InChI is InChI=1S/C10H19N/c1-4-7-10(8-11)9(5-2)6-3/h2,9-10H,4,6-8,11H2,1,3H3. The maximum Gasteiger partial charge on any atom is 0.0237 e. The predicted octanol–water partition coefficient (Wildman–Crippen LogP) is 2.02. The minimum atomic E-state index is 0.389. The lowest BCUT2D eigenvalue weighted by Gasteiger charge is -2.19. The molecule has 0 fully saturated rings. The molecule has 1 heteroatoms. The highest BCUT2D eigenvalue weighted by Gasteiger charge is 2.14. The molecular weight excluding hydrogens is 134 g/mol. The van der Waals surface area contributed by atoms with Gasteiger partial charge >= 0.3 is 0 Å². The van der Waals surface area contributed by atoms with Crippen LogP contribution in [0.15, 0.2) is 0 Å². The van der Waals surface area contributed by atoms with E-state index in [1.54, 1.807) is 0 Å². The second-order valence-electron chi connectivity index (χ2n) is 2.97. The van der Waals surface area contributed by atoms with Gasteiger partial charge in [0.2, 0.25) is 0 Å². The van der Waals surface area contributed by atoms with Gasteiger partial charge < -0.3 is 5.73 Å². The first kappa shape index (κ1) is 10.5. The van der Waals surface area contributed by atoms with Crippen molar-refractivity contribution in [1.82, 2.24) is 0 Å². The second-order valence-corrected chi connectivity index (χ2v) is 2.97. The largest absolute Gasteiger partial charge is 0.330 e. The Morgan fingerprint density at radius 1 is 1.45 bits per heavy atom. The van der Waals surface area contributed by atoms with Crippen molar-refractivity contribution >= 4 is 0 Å². The minimum absolute atomic E-state index is 0.389. The van der Waals surface area contributed by atoms with E-state index in [0.29, 0.717) is 11.8 Å². The van der Waals surface area contributed by atoms with Crippen LogP contribution in [0.4, 0.5) is 0 Å². The number of rotatable bonds is 5. The van der Waals surface area contributed by atoms with Crippen molar-refractivity contribution < 1.29 is 0 Å². The minimum Gasteiger partial charge on any atom is -0.330 e. The number of terminal acetylenes is 1. The first-order chi connectivity index (χ1) is 5.29.